The first kappa shape index (κ1) is 7.89. The molecule has 1 saturated carbocycles. The minimum Gasteiger partial charge on any atom is -0.445 e. The molecule has 4 nitrogen and oxygen atoms in total. The van der Waals surface area contributed by atoms with Crippen LogP contribution < -0.4 is 0 Å². The van der Waals surface area contributed by atoms with Gasteiger partial charge in [-0.05, 0) is 12.8 Å². The van der Waals surface area contributed by atoms with Crippen molar-refractivity contribution in [3.8, 4) is 12.3 Å². The van der Waals surface area contributed by atoms with Gasteiger partial charge in [-0.25, -0.2) is 4.79 Å². The third-order valence-electron chi connectivity index (χ3n) is 1.24. The van der Waals surface area contributed by atoms with Gasteiger partial charge in [0.2, 0.25) is 0 Å². The molecule has 0 heterocycles. The summed E-state index contributed by atoms with van der Waals surface area (Å²) in [7, 11) is 0. The minimum absolute atomic E-state index is 0.00470. The quantitative estimate of drug-likeness (QED) is 0.361. The van der Waals surface area contributed by atoms with Gasteiger partial charge in [0.05, 0.1) is 0 Å². The van der Waals surface area contributed by atoms with Crippen LogP contribution in [0.3, 0.4) is 0 Å². The predicted molar refractivity (Wildman–Crippen MR) is 36.8 cm³/mol. The summed E-state index contributed by atoms with van der Waals surface area (Å²) in [6, 6.07) is 0. The second-order valence-corrected chi connectivity index (χ2v) is 2.34. The van der Waals surface area contributed by atoms with Crippen molar-refractivity contribution in [2.45, 2.75) is 18.9 Å². The molecule has 0 bridgehead atoms. The first-order valence-corrected chi connectivity index (χ1v) is 3.34. The van der Waals surface area contributed by atoms with Gasteiger partial charge in [-0.3, -0.25) is 5.21 Å². The number of carbonyl (C=O) groups is 1. The Balaban J connectivity index is 2.22. The summed E-state index contributed by atoms with van der Waals surface area (Å²) in [6.45, 7) is -0.133. The van der Waals surface area contributed by atoms with Gasteiger partial charge in [0.25, 0.3) is 0 Å². The average Bonchev–Trinajstić information content (AvgIpc) is 2.72. The van der Waals surface area contributed by atoms with Gasteiger partial charge in [-0.1, -0.05) is 5.92 Å². The Kier molecular flexibility index (Phi) is 2.34. The zero-order chi connectivity index (χ0) is 8.27. The minimum atomic E-state index is -0.759. The van der Waals surface area contributed by atoms with Crippen LogP contribution in [0.4, 0.5) is 4.79 Å². The molecule has 0 aliphatic heterocycles. The molecule has 1 aliphatic rings. The van der Waals surface area contributed by atoms with E-state index in [1.54, 1.807) is 0 Å². The second kappa shape index (κ2) is 3.26. The SMILES string of the molecule is C#CCN(O)C(=O)OC1CC1. The summed E-state index contributed by atoms with van der Waals surface area (Å²) >= 11 is 0. The zero-order valence-corrected chi connectivity index (χ0v) is 5.99. The number of hydroxylamine groups is 2. The van der Waals surface area contributed by atoms with Gasteiger partial charge in [0, 0.05) is 0 Å². The van der Waals surface area contributed by atoms with E-state index < -0.39 is 6.09 Å². The lowest BCUT2D eigenvalue weighted by Crippen LogP contribution is -2.28. The number of rotatable bonds is 2. The summed E-state index contributed by atoms with van der Waals surface area (Å²) in [6.07, 6.45) is 5.86. The number of ether oxygens (including phenoxy) is 1. The van der Waals surface area contributed by atoms with E-state index in [1.807, 2.05) is 0 Å². The largest absolute Gasteiger partial charge is 0.445 e. The van der Waals surface area contributed by atoms with Crippen LogP contribution >= 0.6 is 0 Å². The summed E-state index contributed by atoms with van der Waals surface area (Å²) in [5.74, 6) is 2.12. The van der Waals surface area contributed by atoms with Gasteiger partial charge < -0.3 is 4.74 Å². The van der Waals surface area contributed by atoms with Crippen molar-refractivity contribution in [2.75, 3.05) is 6.54 Å². The predicted octanol–water partition coefficient (Wildman–Crippen LogP) is 0.610. The lowest BCUT2D eigenvalue weighted by atomic mass is 10.7. The third kappa shape index (κ3) is 2.48. The van der Waals surface area contributed by atoms with Gasteiger partial charge in [0.15, 0.2) is 0 Å². The van der Waals surface area contributed by atoms with E-state index >= 15 is 0 Å². The normalized spacial score (nSPS) is 15.3. The van der Waals surface area contributed by atoms with E-state index in [1.165, 1.54) is 0 Å². The molecular formula is C7H9NO3. The molecule has 11 heavy (non-hydrogen) atoms. The van der Waals surface area contributed by atoms with E-state index in [0.717, 1.165) is 12.8 Å². The molecule has 1 rings (SSSR count). The van der Waals surface area contributed by atoms with Gasteiger partial charge >= 0.3 is 6.09 Å². The van der Waals surface area contributed by atoms with Crippen molar-refractivity contribution < 1.29 is 14.7 Å². The van der Waals surface area contributed by atoms with Crippen LogP contribution in [0.5, 0.6) is 0 Å². The molecule has 0 aromatic rings. The monoisotopic (exact) mass is 155 g/mol. The van der Waals surface area contributed by atoms with Crippen molar-refractivity contribution in [1.82, 2.24) is 5.06 Å². The van der Waals surface area contributed by atoms with Crippen LogP contribution in [-0.4, -0.2) is 29.0 Å². The van der Waals surface area contributed by atoms with E-state index in [2.05, 4.69) is 5.92 Å². The molecule has 0 saturated heterocycles. The maximum atomic E-state index is 10.7. The molecule has 4 heteroatoms. The third-order valence-corrected chi connectivity index (χ3v) is 1.24. The molecule has 60 valence electrons. The molecule has 0 spiro atoms. The van der Waals surface area contributed by atoms with E-state index in [0.29, 0.717) is 5.06 Å². The number of carbonyl (C=O) groups excluding carboxylic acids is 1. The lowest BCUT2D eigenvalue weighted by Gasteiger charge is -2.10. The van der Waals surface area contributed by atoms with Crippen LogP contribution in [0.15, 0.2) is 0 Å². The maximum Gasteiger partial charge on any atom is 0.434 e. The smallest absolute Gasteiger partial charge is 0.434 e. The number of amides is 1. The Morgan fingerprint density at radius 1 is 1.82 bits per heavy atom. The average molecular weight is 155 g/mol. The fourth-order valence-electron chi connectivity index (χ4n) is 0.540. The Labute approximate surface area is 64.7 Å². The number of hydrogen-bond donors (Lipinski definition) is 1. The van der Waals surface area contributed by atoms with E-state index in [-0.39, 0.29) is 12.6 Å². The highest BCUT2D eigenvalue weighted by molar-refractivity contribution is 5.66. The first-order valence-electron chi connectivity index (χ1n) is 3.34. The van der Waals surface area contributed by atoms with Crippen molar-refractivity contribution in [3.05, 3.63) is 0 Å². The van der Waals surface area contributed by atoms with Crippen LogP contribution in [0.2, 0.25) is 0 Å². The summed E-state index contributed by atoms with van der Waals surface area (Å²) < 4.78 is 4.72. The van der Waals surface area contributed by atoms with Crippen molar-refractivity contribution in [1.29, 1.82) is 0 Å². The molecule has 1 amide bonds. The molecule has 0 radical (unpaired) electrons. The number of nitrogens with zero attached hydrogens (tertiary/aromatic N) is 1. The van der Waals surface area contributed by atoms with Crippen molar-refractivity contribution >= 4 is 6.09 Å². The summed E-state index contributed by atoms with van der Waals surface area (Å²) in [5, 5.41) is 9.20. The lowest BCUT2D eigenvalue weighted by molar-refractivity contribution is -0.0657. The van der Waals surface area contributed by atoms with Gasteiger partial charge in [0.1, 0.15) is 12.6 Å². The topological polar surface area (TPSA) is 49.8 Å². The van der Waals surface area contributed by atoms with Crippen LogP contribution in [0.25, 0.3) is 0 Å². The fraction of sp³-hybridized carbons (Fsp3) is 0.571. The molecule has 0 atom stereocenters. The molecular weight excluding hydrogens is 146 g/mol. The fourth-order valence-corrected chi connectivity index (χ4v) is 0.540. The Bertz CT molecular complexity index is 192. The van der Waals surface area contributed by atoms with E-state index in [4.69, 9.17) is 16.4 Å². The summed E-state index contributed by atoms with van der Waals surface area (Å²) in [4.78, 5) is 10.7. The Morgan fingerprint density at radius 2 is 2.45 bits per heavy atom. The number of hydrogen-bond acceptors (Lipinski definition) is 3. The van der Waals surface area contributed by atoms with Crippen LogP contribution in [0, 0.1) is 12.3 Å². The highest BCUT2D eigenvalue weighted by atomic mass is 16.6. The van der Waals surface area contributed by atoms with Crippen LogP contribution in [-0.2, 0) is 4.74 Å². The molecule has 1 fully saturated rings. The van der Waals surface area contributed by atoms with Crippen LogP contribution in [0.1, 0.15) is 12.8 Å². The molecule has 0 unspecified atom stereocenters. The number of terminal acetylenes is 1. The molecule has 0 aromatic carbocycles. The standard InChI is InChI=1S/C7H9NO3/c1-2-5-8(10)7(9)11-6-3-4-6/h1,6,10H,3-5H2. The van der Waals surface area contributed by atoms with Gasteiger partial charge in [-0.15, -0.1) is 6.42 Å². The second-order valence-electron chi connectivity index (χ2n) is 2.34. The van der Waals surface area contributed by atoms with Crippen molar-refractivity contribution in [3.63, 3.8) is 0 Å². The molecule has 1 aliphatic carbocycles. The van der Waals surface area contributed by atoms with Crippen molar-refractivity contribution in [2.24, 2.45) is 0 Å². The Hall–Kier alpha value is -1.21. The molecule has 1 N–H and O–H groups in total. The highest BCUT2D eigenvalue weighted by Gasteiger charge is 2.27. The highest BCUT2D eigenvalue weighted by Crippen LogP contribution is 2.23. The molecule has 0 aromatic heterocycles. The summed E-state index contributed by atoms with van der Waals surface area (Å²) in [5.41, 5.74) is 0. The van der Waals surface area contributed by atoms with Gasteiger partial charge in [-0.2, -0.15) is 5.06 Å². The first-order chi connectivity index (χ1) is 5.24. The Morgan fingerprint density at radius 3 is 2.91 bits per heavy atom. The maximum absolute atomic E-state index is 10.7. The van der Waals surface area contributed by atoms with E-state index in [9.17, 15) is 4.79 Å². The zero-order valence-electron chi connectivity index (χ0n) is 5.99.